The molecule has 1 fully saturated rings. The van der Waals surface area contributed by atoms with Gasteiger partial charge < -0.3 is 9.64 Å². The van der Waals surface area contributed by atoms with Crippen LogP contribution in [-0.4, -0.2) is 42.6 Å². The molecular formula is C18H22F3NO3. The van der Waals surface area contributed by atoms with Gasteiger partial charge in [0.1, 0.15) is 0 Å². The second-order valence-corrected chi connectivity index (χ2v) is 6.13. The lowest BCUT2D eigenvalue weighted by Crippen LogP contribution is -2.40. The quantitative estimate of drug-likeness (QED) is 0.757. The van der Waals surface area contributed by atoms with E-state index in [0.29, 0.717) is 43.7 Å². The minimum atomic E-state index is -4.18. The highest BCUT2D eigenvalue weighted by molar-refractivity contribution is 5.94. The number of hydrogen-bond acceptors (Lipinski definition) is 3. The Morgan fingerprint density at radius 3 is 2.28 bits per heavy atom. The molecule has 1 heterocycles. The number of ether oxygens (including phenoxy) is 1. The van der Waals surface area contributed by atoms with Crippen LogP contribution in [0.1, 0.15) is 42.1 Å². The number of likely N-dealkylation sites (tertiary alicyclic amines) is 1. The highest BCUT2D eigenvalue weighted by Crippen LogP contribution is 2.23. The number of carbonyl (C=O) groups excluding carboxylic acids is 2. The summed E-state index contributed by atoms with van der Waals surface area (Å²) in [6.07, 6.45) is -4.02. The molecular weight excluding hydrogens is 335 g/mol. The van der Waals surface area contributed by atoms with Crippen molar-refractivity contribution in [1.82, 2.24) is 4.90 Å². The Bertz CT molecular complexity index is 591. The van der Waals surface area contributed by atoms with E-state index in [1.165, 1.54) is 0 Å². The second-order valence-electron chi connectivity index (χ2n) is 6.13. The van der Waals surface area contributed by atoms with Crippen LogP contribution in [0.4, 0.5) is 13.2 Å². The molecule has 0 atom stereocenters. The van der Waals surface area contributed by atoms with Gasteiger partial charge in [0.05, 0.1) is 12.5 Å². The van der Waals surface area contributed by atoms with Gasteiger partial charge in [-0.15, -0.1) is 0 Å². The van der Waals surface area contributed by atoms with Crippen molar-refractivity contribution in [3.63, 3.8) is 0 Å². The lowest BCUT2D eigenvalue weighted by Gasteiger charge is -2.31. The molecule has 0 N–H and O–H groups in total. The van der Waals surface area contributed by atoms with Crippen molar-refractivity contribution in [3.8, 4) is 0 Å². The van der Waals surface area contributed by atoms with E-state index >= 15 is 0 Å². The minimum absolute atomic E-state index is 0.0943. The van der Waals surface area contributed by atoms with Gasteiger partial charge in [0, 0.05) is 25.1 Å². The average molecular weight is 357 g/mol. The molecule has 7 heteroatoms. The van der Waals surface area contributed by atoms with Crippen molar-refractivity contribution >= 4 is 11.9 Å². The zero-order chi connectivity index (χ0) is 18.4. The number of halogens is 3. The summed E-state index contributed by atoms with van der Waals surface area (Å²) < 4.78 is 41.7. The van der Waals surface area contributed by atoms with Crippen LogP contribution in [0, 0.1) is 5.92 Å². The van der Waals surface area contributed by atoms with Crippen LogP contribution >= 0.6 is 0 Å². The number of aryl methyl sites for hydroxylation is 1. The number of piperidine rings is 1. The van der Waals surface area contributed by atoms with E-state index in [1.807, 2.05) is 0 Å². The largest absolute Gasteiger partial charge is 0.466 e. The smallest absolute Gasteiger partial charge is 0.389 e. The average Bonchev–Trinajstić information content (AvgIpc) is 2.59. The number of amides is 1. The van der Waals surface area contributed by atoms with Gasteiger partial charge in [0.15, 0.2) is 0 Å². The molecule has 1 saturated heterocycles. The summed E-state index contributed by atoms with van der Waals surface area (Å²) in [5, 5.41) is 0. The Kier molecular flexibility index (Phi) is 6.45. The number of esters is 1. The molecule has 0 aliphatic carbocycles. The SMILES string of the molecule is CCOC(=O)C1CCN(C(=O)c2ccc(CCC(F)(F)F)cc2)CC1. The molecule has 0 radical (unpaired) electrons. The topological polar surface area (TPSA) is 46.6 Å². The van der Waals surface area contributed by atoms with Gasteiger partial charge in [0.25, 0.3) is 5.91 Å². The zero-order valence-corrected chi connectivity index (χ0v) is 14.1. The third-order valence-electron chi connectivity index (χ3n) is 4.30. The van der Waals surface area contributed by atoms with E-state index in [-0.39, 0.29) is 24.2 Å². The molecule has 1 amide bonds. The molecule has 0 saturated carbocycles. The second kappa shape index (κ2) is 8.36. The fourth-order valence-electron chi connectivity index (χ4n) is 2.86. The van der Waals surface area contributed by atoms with E-state index in [2.05, 4.69) is 0 Å². The predicted octanol–water partition coefficient (Wildman–Crippen LogP) is 3.60. The number of carbonyl (C=O) groups is 2. The van der Waals surface area contributed by atoms with Crippen LogP contribution in [0.25, 0.3) is 0 Å². The summed E-state index contributed by atoms with van der Waals surface area (Å²) in [5.74, 6) is -0.554. The highest BCUT2D eigenvalue weighted by atomic mass is 19.4. The first-order chi connectivity index (χ1) is 11.8. The Morgan fingerprint density at radius 2 is 1.76 bits per heavy atom. The lowest BCUT2D eigenvalue weighted by molar-refractivity contribution is -0.149. The maximum Gasteiger partial charge on any atom is 0.389 e. The third kappa shape index (κ3) is 5.76. The molecule has 1 aliphatic heterocycles. The summed E-state index contributed by atoms with van der Waals surface area (Å²) in [7, 11) is 0. The van der Waals surface area contributed by atoms with E-state index in [4.69, 9.17) is 4.74 Å². The van der Waals surface area contributed by atoms with Gasteiger partial charge >= 0.3 is 12.1 Å². The van der Waals surface area contributed by atoms with Gasteiger partial charge in [-0.25, -0.2) is 0 Å². The van der Waals surface area contributed by atoms with Crippen LogP contribution < -0.4 is 0 Å². The van der Waals surface area contributed by atoms with Crippen LogP contribution in [0.3, 0.4) is 0 Å². The number of benzene rings is 1. The first kappa shape index (κ1) is 19.3. The fourth-order valence-corrected chi connectivity index (χ4v) is 2.86. The molecule has 0 spiro atoms. The highest BCUT2D eigenvalue weighted by Gasteiger charge is 2.29. The number of alkyl halides is 3. The van der Waals surface area contributed by atoms with E-state index < -0.39 is 12.6 Å². The zero-order valence-electron chi connectivity index (χ0n) is 14.1. The van der Waals surface area contributed by atoms with Gasteiger partial charge in [-0.2, -0.15) is 13.2 Å². The van der Waals surface area contributed by atoms with Crippen molar-refractivity contribution in [2.24, 2.45) is 5.92 Å². The minimum Gasteiger partial charge on any atom is -0.466 e. The van der Waals surface area contributed by atoms with Crippen molar-refractivity contribution in [1.29, 1.82) is 0 Å². The fraction of sp³-hybridized carbons (Fsp3) is 0.556. The summed E-state index contributed by atoms with van der Waals surface area (Å²) in [4.78, 5) is 25.8. The molecule has 0 unspecified atom stereocenters. The molecule has 2 rings (SSSR count). The molecule has 138 valence electrons. The number of hydrogen-bond donors (Lipinski definition) is 0. The molecule has 1 aromatic rings. The molecule has 0 bridgehead atoms. The summed E-state index contributed by atoms with van der Waals surface area (Å²) in [6, 6.07) is 6.24. The van der Waals surface area contributed by atoms with Gasteiger partial charge in [-0.05, 0) is 43.9 Å². The van der Waals surface area contributed by atoms with Gasteiger partial charge in [-0.3, -0.25) is 9.59 Å². The number of rotatable bonds is 5. The molecule has 1 aliphatic rings. The summed E-state index contributed by atoms with van der Waals surface area (Å²) in [6.45, 7) is 3.05. The van der Waals surface area contributed by atoms with Crippen LogP contribution in [0.5, 0.6) is 0 Å². The van der Waals surface area contributed by atoms with Crippen molar-refractivity contribution in [3.05, 3.63) is 35.4 Å². The Hall–Kier alpha value is -2.05. The maximum absolute atomic E-state index is 12.5. The maximum atomic E-state index is 12.5. The van der Waals surface area contributed by atoms with Crippen molar-refractivity contribution in [2.45, 2.75) is 38.8 Å². The molecule has 4 nitrogen and oxygen atoms in total. The first-order valence-electron chi connectivity index (χ1n) is 8.41. The molecule has 0 aromatic heterocycles. The number of nitrogens with zero attached hydrogens (tertiary/aromatic N) is 1. The normalized spacial score (nSPS) is 15.9. The van der Waals surface area contributed by atoms with Crippen LogP contribution in [0.2, 0.25) is 0 Å². The predicted molar refractivity (Wildman–Crippen MR) is 86.1 cm³/mol. The van der Waals surface area contributed by atoms with Crippen molar-refractivity contribution in [2.75, 3.05) is 19.7 Å². The van der Waals surface area contributed by atoms with Gasteiger partial charge in [0.2, 0.25) is 0 Å². The van der Waals surface area contributed by atoms with Crippen LogP contribution in [-0.2, 0) is 16.0 Å². The standard InChI is InChI=1S/C18H22F3NO3/c1-2-25-17(24)15-8-11-22(12-9-15)16(23)14-5-3-13(4-6-14)7-10-18(19,20)21/h3-6,15H,2,7-12H2,1H3. The van der Waals surface area contributed by atoms with E-state index in [9.17, 15) is 22.8 Å². The van der Waals surface area contributed by atoms with E-state index in [0.717, 1.165) is 0 Å². The van der Waals surface area contributed by atoms with Gasteiger partial charge in [-0.1, -0.05) is 12.1 Å². The third-order valence-corrected chi connectivity index (χ3v) is 4.30. The molecule has 1 aromatic carbocycles. The Morgan fingerprint density at radius 1 is 1.16 bits per heavy atom. The van der Waals surface area contributed by atoms with E-state index in [1.54, 1.807) is 36.1 Å². The summed E-state index contributed by atoms with van der Waals surface area (Å²) in [5.41, 5.74) is 1.00. The van der Waals surface area contributed by atoms with Crippen molar-refractivity contribution < 1.29 is 27.5 Å². The van der Waals surface area contributed by atoms with Crippen LogP contribution in [0.15, 0.2) is 24.3 Å². The monoisotopic (exact) mass is 357 g/mol. The first-order valence-corrected chi connectivity index (χ1v) is 8.41. The molecule has 25 heavy (non-hydrogen) atoms. The Balaban J connectivity index is 1.88. The lowest BCUT2D eigenvalue weighted by atomic mass is 9.96. The summed E-state index contributed by atoms with van der Waals surface area (Å²) >= 11 is 0. The Labute approximate surface area is 144 Å².